The monoisotopic (exact) mass is 267 g/mol. The van der Waals surface area contributed by atoms with Crippen molar-refractivity contribution >= 4 is 27.8 Å². The fourth-order valence-electron chi connectivity index (χ4n) is 2.60. The highest BCUT2D eigenvalue weighted by Gasteiger charge is 2.13. The number of para-hydroxylation sites is 2. The molecule has 20 heavy (non-hydrogen) atoms. The number of rotatable bonds is 3. The van der Waals surface area contributed by atoms with Crippen molar-refractivity contribution in [3.8, 4) is 0 Å². The van der Waals surface area contributed by atoms with E-state index in [1.807, 2.05) is 54.8 Å². The summed E-state index contributed by atoms with van der Waals surface area (Å²) in [4.78, 5) is 12.0. The highest BCUT2D eigenvalue weighted by molar-refractivity contribution is 6.08. The van der Waals surface area contributed by atoms with Gasteiger partial charge in [0.1, 0.15) is 6.54 Å². The Balaban J connectivity index is 2.14. The largest absolute Gasteiger partial charge is 0.462 e. The number of aromatic nitrogens is 1. The molecule has 0 bridgehead atoms. The molecule has 102 valence electrons. The molecular weight excluding hydrogens is 250 g/mol. The zero-order valence-electron chi connectivity index (χ0n) is 11.7. The number of carbonyl (C=O) groups excluding carboxylic acids is 1. The first-order valence-electron chi connectivity index (χ1n) is 6.82. The lowest BCUT2D eigenvalue weighted by atomic mass is 10.2. The maximum Gasteiger partial charge on any atom is 0.326 e. The van der Waals surface area contributed by atoms with Crippen LogP contribution < -0.4 is 0 Å². The Morgan fingerprint density at radius 2 is 1.50 bits per heavy atom. The highest BCUT2D eigenvalue weighted by atomic mass is 16.5. The van der Waals surface area contributed by atoms with Crippen LogP contribution in [0.3, 0.4) is 0 Å². The Morgan fingerprint density at radius 3 is 2.00 bits per heavy atom. The number of carbonyl (C=O) groups is 1. The number of nitrogens with zero attached hydrogens (tertiary/aromatic N) is 1. The maximum absolute atomic E-state index is 12.0. The van der Waals surface area contributed by atoms with E-state index in [9.17, 15) is 4.79 Å². The van der Waals surface area contributed by atoms with E-state index in [1.54, 1.807) is 0 Å². The molecule has 0 unspecified atom stereocenters. The quantitative estimate of drug-likeness (QED) is 0.677. The minimum absolute atomic E-state index is 0.0874. The summed E-state index contributed by atoms with van der Waals surface area (Å²) in [5.74, 6) is -0.202. The Labute approximate surface area is 117 Å². The molecule has 0 saturated carbocycles. The van der Waals surface area contributed by atoms with Gasteiger partial charge >= 0.3 is 5.97 Å². The molecule has 0 N–H and O–H groups in total. The summed E-state index contributed by atoms with van der Waals surface area (Å²) in [6.07, 6.45) is -0.0874. The lowest BCUT2D eigenvalue weighted by Gasteiger charge is -2.10. The molecule has 0 fully saturated rings. The van der Waals surface area contributed by atoms with Gasteiger partial charge in [0.25, 0.3) is 0 Å². The molecule has 2 aromatic carbocycles. The van der Waals surface area contributed by atoms with E-state index in [2.05, 4.69) is 12.1 Å². The number of hydrogen-bond acceptors (Lipinski definition) is 2. The minimum atomic E-state index is -0.202. The summed E-state index contributed by atoms with van der Waals surface area (Å²) in [5, 5.41) is 2.33. The lowest BCUT2D eigenvalue weighted by Crippen LogP contribution is -2.17. The van der Waals surface area contributed by atoms with Crippen LogP contribution in [0.4, 0.5) is 0 Å². The fourth-order valence-corrected chi connectivity index (χ4v) is 2.60. The van der Waals surface area contributed by atoms with E-state index in [-0.39, 0.29) is 18.6 Å². The Kier molecular flexibility index (Phi) is 3.18. The van der Waals surface area contributed by atoms with E-state index < -0.39 is 0 Å². The van der Waals surface area contributed by atoms with E-state index in [0.29, 0.717) is 0 Å². The molecule has 0 aliphatic heterocycles. The van der Waals surface area contributed by atoms with Crippen LogP contribution in [0.1, 0.15) is 13.8 Å². The summed E-state index contributed by atoms with van der Waals surface area (Å²) in [5.41, 5.74) is 2.13. The van der Waals surface area contributed by atoms with Crippen molar-refractivity contribution < 1.29 is 9.53 Å². The Morgan fingerprint density at radius 1 is 1.00 bits per heavy atom. The third-order valence-electron chi connectivity index (χ3n) is 3.33. The van der Waals surface area contributed by atoms with Crippen LogP contribution in [0.15, 0.2) is 48.5 Å². The molecule has 3 rings (SSSR count). The first kappa shape index (κ1) is 12.7. The molecule has 3 nitrogen and oxygen atoms in total. The Bertz CT molecular complexity index is 718. The van der Waals surface area contributed by atoms with Crippen LogP contribution in [0.5, 0.6) is 0 Å². The molecule has 3 aromatic rings. The molecule has 0 aliphatic rings. The molecule has 0 atom stereocenters. The van der Waals surface area contributed by atoms with Gasteiger partial charge in [0.15, 0.2) is 0 Å². The number of benzene rings is 2. The van der Waals surface area contributed by atoms with Crippen molar-refractivity contribution in [2.45, 2.75) is 26.5 Å². The van der Waals surface area contributed by atoms with Gasteiger partial charge in [-0.25, -0.2) is 0 Å². The van der Waals surface area contributed by atoms with E-state index in [4.69, 9.17) is 4.74 Å². The van der Waals surface area contributed by atoms with Gasteiger partial charge < -0.3 is 9.30 Å². The second-order valence-corrected chi connectivity index (χ2v) is 5.16. The molecule has 1 aromatic heterocycles. The van der Waals surface area contributed by atoms with Gasteiger partial charge in [-0.15, -0.1) is 0 Å². The summed E-state index contributed by atoms with van der Waals surface area (Å²) >= 11 is 0. The van der Waals surface area contributed by atoms with Gasteiger partial charge in [-0.05, 0) is 26.0 Å². The third-order valence-corrected chi connectivity index (χ3v) is 3.33. The number of hydrogen-bond donors (Lipinski definition) is 0. The molecular formula is C17H17NO2. The second-order valence-electron chi connectivity index (χ2n) is 5.16. The SMILES string of the molecule is CC(C)OC(=O)Cn1c2ccccc2c2ccccc21. The van der Waals surface area contributed by atoms with Gasteiger partial charge in [0.05, 0.1) is 6.10 Å². The zero-order valence-corrected chi connectivity index (χ0v) is 11.7. The average molecular weight is 267 g/mol. The summed E-state index contributed by atoms with van der Waals surface area (Å²) in [6, 6.07) is 16.3. The number of ether oxygens (including phenoxy) is 1. The van der Waals surface area contributed by atoms with Crippen molar-refractivity contribution in [1.29, 1.82) is 0 Å². The first-order valence-corrected chi connectivity index (χ1v) is 6.82. The average Bonchev–Trinajstić information content (AvgIpc) is 2.73. The molecule has 3 heteroatoms. The standard InChI is InChI=1S/C17H17NO2/c1-12(2)20-17(19)11-18-15-9-5-3-7-13(15)14-8-4-6-10-16(14)18/h3-10,12H,11H2,1-2H3. The molecule has 0 aliphatic carbocycles. The summed E-state index contributed by atoms with van der Waals surface area (Å²) < 4.78 is 7.28. The van der Waals surface area contributed by atoms with Crippen LogP contribution in [0.25, 0.3) is 21.8 Å². The fraction of sp³-hybridized carbons (Fsp3) is 0.235. The van der Waals surface area contributed by atoms with E-state index >= 15 is 0 Å². The van der Waals surface area contributed by atoms with Crippen molar-refractivity contribution in [2.24, 2.45) is 0 Å². The normalized spacial score (nSPS) is 11.3. The first-order chi connectivity index (χ1) is 9.66. The van der Waals surface area contributed by atoms with Gasteiger partial charge in [0, 0.05) is 21.8 Å². The molecule has 0 radical (unpaired) electrons. The van der Waals surface area contributed by atoms with Gasteiger partial charge in [-0.2, -0.15) is 0 Å². The maximum atomic E-state index is 12.0. The van der Waals surface area contributed by atoms with Crippen LogP contribution in [0, 0.1) is 0 Å². The molecule has 0 amide bonds. The van der Waals surface area contributed by atoms with Gasteiger partial charge in [0.2, 0.25) is 0 Å². The van der Waals surface area contributed by atoms with Crippen molar-refractivity contribution in [3.63, 3.8) is 0 Å². The molecule has 0 saturated heterocycles. The molecule has 1 heterocycles. The van der Waals surface area contributed by atoms with Crippen LogP contribution in [-0.2, 0) is 16.1 Å². The molecule has 0 spiro atoms. The van der Waals surface area contributed by atoms with Crippen LogP contribution in [0.2, 0.25) is 0 Å². The predicted molar refractivity (Wildman–Crippen MR) is 80.7 cm³/mol. The summed E-state index contributed by atoms with van der Waals surface area (Å²) in [6.45, 7) is 3.97. The zero-order chi connectivity index (χ0) is 14.1. The minimum Gasteiger partial charge on any atom is -0.462 e. The smallest absolute Gasteiger partial charge is 0.326 e. The number of fused-ring (bicyclic) bond motifs is 3. The van der Waals surface area contributed by atoms with E-state index in [0.717, 1.165) is 11.0 Å². The van der Waals surface area contributed by atoms with Crippen LogP contribution in [-0.4, -0.2) is 16.6 Å². The summed E-state index contributed by atoms with van der Waals surface area (Å²) in [7, 11) is 0. The van der Waals surface area contributed by atoms with Crippen molar-refractivity contribution in [3.05, 3.63) is 48.5 Å². The second kappa shape index (κ2) is 5.00. The van der Waals surface area contributed by atoms with Gasteiger partial charge in [-0.3, -0.25) is 4.79 Å². The number of esters is 1. The topological polar surface area (TPSA) is 31.2 Å². The van der Waals surface area contributed by atoms with Crippen molar-refractivity contribution in [1.82, 2.24) is 4.57 Å². The van der Waals surface area contributed by atoms with E-state index in [1.165, 1.54) is 10.8 Å². The highest BCUT2D eigenvalue weighted by Crippen LogP contribution is 2.28. The van der Waals surface area contributed by atoms with Gasteiger partial charge in [-0.1, -0.05) is 36.4 Å². The lowest BCUT2D eigenvalue weighted by molar-refractivity contribution is -0.147. The van der Waals surface area contributed by atoms with Crippen molar-refractivity contribution in [2.75, 3.05) is 0 Å². The predicted octanol–water partition coefficient (Wildman–Crippen LogP) is 3.75. The van der Waals surface area contributed by atoms with Crippen LogP contribution >= 0.6 is 0 Å². The third kappa shape index (κ3) is 2.16. The Hall–Kier alpha value is -2.29.